The Hall–Kier alpha value is -2.61. The van der Waals surface area contributed by atoms with Crippen LogP contribution < -0.4 is 15.5 Å². The Labute approximate surface area is 151 Å². The number of ether oxygens (including phenoxy) is 2. The fourth-order valence-electron chi connectivity index (χ4n) is 2.86. The molecule has 2 N–H and O–H groups in total. The van der Waals surface area contributed by atoms with Gasteiger partial charge in [-0.05, 0) is 50.5 Å². The summed E-state index contributed by atoms with van der Waals surface area (Å²) in [5.41, 5.74) is 1.68. The second-order valence-corrected chi connectivity index (χ2v) is 6.67. The number of hydrogen-bond donors (Lipinski definition) is 2. The van der Waals surface area contributed by atoms with E-state index in [4.69, 9.17) is 9.47 Å². The van der Waals surface area contributed by atoms with Crippen LogP contribution in [-0.4, -0.2) is 47.7 Å². The Balaban J connectivity index is 1.58. The summed E-state index contributed by atoms with van der Waals surface area (Å²) >= 11 is 0. The summed E-state index contributed by atoms with van der Waals surface area (Å²) in [5, 5.41) is 3.31. The van der Waals surface area contributed by atoms with E-state index in [-0.39, 0.29) is 6.10 Å². The molecule has 8 nitrogen and oxygen atoms in total. The summed E-state index contributed by atoms with van der Waals surface area (Å²) in [6.07, 6.45) is 2.59. The summed E-state index contributed by atoms with van der Waals surface area (Å²) in [6, 6.07) is 5.87. The van der Waals surface area contributed by atoms with Gasteiger partial charge in [0.1, 0.15) is 17.9 Å². The third-order valence-corrected chi connectivity index (χ3v) is 4.76. The zero-order valence-electron chi connectivity index (χ0n) is 14.9. The third-order valence-electron chi connectivity index (χ3n) is 4.76. The van der Waals surface area contributed by atoms with Crippen LogP contribution in [0.25, 0.3) is 0 Å². The monoisotopic (exact) mass is 361 g/mol. The number of rotatable bonds is 6. The number of amides is 4. The molecule has 0 aromatic heterocycles. The van der Waals surface area contributed by atoms with Gasteiger partial charge in [0.15, 0.2) is 0 Å². The minimum Gasteiger partial charge on any atom is -0.491 e. The molecule has 0 unspecified atom stereocenters. The van der Waals surface area contributed by atoms with Crippen molar-refractivity contribution in [1.82, 2.24) is 15.8 Å². The number of carbonyl (C=O) groups is 3. The molecule has 2 aliphatic heterocycles. The maximum Gasteiger partial charge on any atom is 0.344 e. The number of nitrogens with one attached hydrogen (secondary N) is 2. The summed E-state index contributed by atoms with van der Waals surface area (Å²) in [5.74, 6) is -0.389. The van der Waals surface area contributed by atoms with Crippen molar-refractivity contribution in [1.29, 1.82) is 0 Å². The Morgan fingerprint density at radius 2 is 2.12 bits per heavy atom. The molecular formula is C18H23N3O5. The maximum absolute atomic E-state index is 12.3. The molecule has 0 radical (unpaired) electrons. The molecule has 140 valence electrons. The Kier molecular flexibility index (Phi) is 5.13. The highest BCUT2D eigenvalue weighted by atomic mass is 16.5. The minimum atomic E-state index is -0.996. The zero-order chi connectivity index (χ0) is 18.7. The first kappa shape index (κ1) is 18.2. The number of hydrogen-bond acceptors (Lipinski definition) is 5. The molecule has 0 aliphatic carbocycles. The topological polar surface area (TPSA) is 97.0 Å². The fourth-order valence-corrected chi connectivity index (χ4v) is 2.86. The van der Waals surface area contributed by atoms with Crippen molar-refractivity contribution in [2.75, 3.05) is 13.2 Å². The quantitative estimate of drug-likeness (QED) is 0.751. The molecule has 26 heavy (non-hydrogen) atoms. The van der Waals surface area contributed by atoms with Gasteiger partial charge in [0, 0.05) is 12.2 Å². The summed E-state index contributed by atoms with van der Waals surface area (Å²) in [6.45, 7) is 4.66. The lowest BCUT2D eigenvalue weighted by Crippen LogP contribution is -2.48. The molecule has 3 rings (SSSR count). The second kappa shape index (κ2) is 7.33. The molecule has 2 fully saturated rings. The molecule has 2 atom stereocenters. The van der Waals surface area contributed by atoms with Crippen LogP contribution in [0.3, 0.4) is 0 Å². The van der Waals surface area contributed by atoms with Gasteiger partial charge >= 0.3 is 6.03 Å². The van der Waals surface area contributed by atoms with E-state index >= 15 is 0 Å². The van der Waals surface area contributed by atoms with Crippen molar-refractivity contribution in [3.05, 3.63) is 29.8 Å². The SMILES string of the molecule is CC[C@@]1(C)NC(=O)N(NC(=O)c2ccc(OC[C@@H]3CCCO3)cc2)C1=O. The van der Waals surface area contributed by atoms with Crippen LogP contribution in [0.2, 0.25) is 0 Å². The van der Waals surface area contributed by atoms with Crippen LogP contribution in [0.5, 0.6) is 5.75 Å². The number of carbonyl (C=O) groups excluding carboxylic acids is 3. The van der Waals surface area contributed by atoms with Gasteiger partial charge in [-0.1, -0.05) is 6.92 Å². The number of nitrogens with zero attached hydrogens (tertiary/aromatic N) is 1. The first-order chi connectivity index (χ1) is 12.4. The van der Waals surface area contributed by atoms with Gasteiger partial charge in [-0.3, -0.25) is 15.0 Å². The number of benzene rings is 1. The van der Waals surface area contributed by atoms with Gasteiger partial charge in [-0.15, -0.1) is 0 Å². The van der Waals surface area contributed by atoms with Gasteiger partial charge in [0.25, 0.3) is 11.8 Å². The largest absolute Gasteiger partial charge is 0.491 e. The Morgan fingerprint density at radius 3 is 2.69 bits per heavy atom. The van der Waals surface area contributed by atoms with Crippen molar-refractivity contribution in [2.45, 2.75) is 44.8 Å². The molecule has 2 saturated heterocycles. The fraction of sp³-hybridized carbons (Fsp3) is 0.500. The standard InChI is InChI=1S/C18H23N3O5/c1-3-18(2)16(23)21(17(24)19-18)20-15(22)12-6-8-13(9-7-12)26-11-14-5-4-10-25-14/h6-9,14H,3-5,10-11H2,1-2H3,(H,19,24)(H,20,22)/t14-,18+/m0/s1. The number of hydrazine groups is 1. The van der Waals surface area contributed by atoms with E-state index in [0.717, 1.165) is 24.5 Å². The molecular weight excluding hydrogens is 338 g/mol. The summed E-state index contributed by atoms with van der Waals surface area (Å²) in [7, 11) is 0. The van der Waals surface area contributed by atoms with E-state index in [1.165, 1.54) is 0 Å². The molecule has 1 aromatic carbocycles. The van der Waals surface area contributed by atoms with E-state index in [1.54, 1.807) is 38.1 Å². The molecule has 2 heterocycles. The van der Waals surface area contributed by atoms with Crippen LogP contribution in [0.1, 0.15) is 43.5 Å². The maximum atomic E-state index is 12.3. The van der Waals surface area contributed by atoms with E-state index in [0.29, 0.717) is 24.3 Å². The van der Waals surface area contributed by atoms with Gasteiger partial charge in [0.05, 0.1) is 6.10 Å². The lowest BCUT2D eigenvalue weighted by Gasteiger charge is -2.19. The predicted molar refractivity (Wildman–Crippen MR) is 92.5 cm³/mol. The highest BCUT2D eigenvalue weighted by molar-refractivity contribution is 6.09. The number of imide groups is 1. The number of urea groups is 1. The molecule has 8 heteroatoms. The smallest absolute Gasteiger partial charge is 0.344 e. The lowest BCUT2D eigenvalue weighted by atomic mass is 10.00. The van der Waals surface area contributed by atoms with Crippen LogP contribution in [-0.2, 0) is 9.53 Å². The molecule has 0 saturated carbocycles. The van der Waals surface area contributed by atoms with Crippen molar-refractivity contribution in [3.63, 3.8) is 0 Å². The van der Waals surface area contributed by atoms with Gasteiger partial charge in [0.2, 0.25) is 0 Å². The normalized spacial score (nSPS) is 25.3. The minimum absolute atomic E-state index is 0.116. The first-order valence-electron chi connectivity index (χ1n) is 8.75. The highest BCUT2D eigenvalue weighted by Crippen LogP contribution is 2.20. The van der Waals surface area contributed by atoms with Crippen molar-refractivity contribution in [2.24, 2.45) is 0 Å². The summed E-state index contributed by atoms with van der Waals surface area (Å²) in [4.78, 5) is 36.6. The van der Waals surface area contributed by atoms with Crippen molar-refractivity contribution < 1.29 is 23.9 Å². The van der Waals surface area contributed by atoms with E-state index < -0.39 is 23.4 Å². The third kappa shape index (κ3) is 3.65. The molecule has 4 amide bonds. The van der Waals surface area contributed by atoms with Crippen LogP contribution >= 0.6 is 0 Å². The van der Waals surface area contributed by atoms with E-state index in [9.17, 15) is 14.4 Å². The van der Waals surface area contributed by atoms with E-state index in [2.05, 4.69) is 10.7 Å². The Bertz CT molecular complexity index is 699. The predicted octanol–water partition coefficient (Wildman–Crippen LogP) is 1.61. The van der Waals surface area contributed by atoms with E-state index in [1.807, 2.05) is 0 Å². The van der Waals surface area contributed by atoms with Crippen LogP contribution in [0.4, 0.5) is 4.79 Å². The average molecular weight is 361 g/mol. The van der Waals surface area contributed by atoms with Crippen molar-refractivity contribution >= 4 is 17.8 Å². The van der Waals surface area contributed by atoms with Gasteiger partial charge in [-0.25, -0.2) is 4.79 Å². The second-order valence-electron chi connectivity index (χ2n) is 6.67. The van der Waals surface area contributed by atoms with Crippen LogP contribution in [0, 0.1) is 0 Å². The lowest BCUT2D eigenvalue weighted by molar-refractivity contribution is -0.132. The summed E-state index contributed by atoms with van der Waals surface area (Å²) < 4.78 is 11.1. The Morgan fingerprint density at radius 1 is 1.38 bits per heavy atom. The van der Waals surface area contributed by atoms with Crippen LogP contribution in [0.15, 0.2) is 24.3 Å². The zero-order valence-corrected chi connectivity index (χ0v) is 14.9. The molecule has 1 aromatic rings. The van der Waals surface area contributed by atoms with Crippen molar-refractivity contribution in [3.8, 4) is 5.75 Å². The average Bonchev–Trinajstić information content (AvgIpc) is 3.23. The molecule has 0 bridgehead atoms. The van der Waals surface area contributed by atoms with Gasteiger partial charge in [-0.2, -0.15) is 5.01 Å². The first-order valence-corrected chi connectivity index (χ1v) is 8.75. The molecule has 0 spiro atoms. The van der Waals surface area contributed by atoms with Gasteiger partial charge < -0.3 is 14.8 Å². The molecule has 2 aliphatic rings. The highest BCUT2D eigenvalue weighted by Gasteiger charge is 2.47.